The molecule has 1 aliphatic carbocycles. The molecule has 3 heteroatoms. The summed E-state index contributed by atoms with van der Waals surface area (Å²) in [4.78, 5) is 4.88. The number of nitrogens with zero attached hydrogens (tertiary/aromatic N) is 2. The standard InChI is InChI=1S/C52H34N2S/c1-52(2)43-16-8-7-14-38(43)41-29-42-47(30-44(41)52)54(46-28-27-40-37-13-4-3-11-35(37)36-12-5-6-15-39(36)49(40)50(42)46)34-25-23-32(24-26-34)31-19-21-33(22-20-31)51-53-45-17-9-10-18-48(45)55-51/h3-30H,1-2H3. The summed E-state index contributed by atoms with van der Waals surface area (Å²) in [7, 11) is 0. The third kappa shape index (κ3) is 4.33. The Bertz CT molecular complexity index is 3310. The molecule has 0 saturated heterocycles. The van der Waals surface area contributed by atoms with E-state index in [1.807, 2.05) is 0 Å². The van der Waals surface area contributed by atoms with E-state index in [0.717, 1.165) is 21.8 Å². The van der Waals surface area contributed by atoms with Crippen molar-refractivity contribution in [1.29, 1.82) is 0 Å². The van der Waals surface area contributed by atoms with Crippen molar-refractivity contribution in [1.82, 2.24) is 9.55 Å². The molecule has 0 radical (unpaired) electrons. The van der Waals surface area contributed by atoms with Gasteiger partial charge in [0.2, 0.25) is 0 Å². The Balaban J connectivity index is 1.09. The van der Waals surface area contributed by atoms with E-state index < -0.39 is 0 Å². The molecule has 0 atom stereocenters. The van der Waals surface area contributed by atoms with Gasteiger partial charge in [-0.25, -0.2) is 4.98 Å². The van der Waals surface area contributed by atoms with E-state index >= 15 is 0 Å². The summed E-state index contributed by atoms with van der Waals surface area (Å²) in [5, 5.41) is 11.5. The van der Waals surface area contributed by atoms with Crippen LogP contribution in [-0.4, -0.2) is 9.55 Å². The third-order valence-corrected chi connectivity index (χ3v) is 13.3. The number of hydrogen-bond donors (Lipinski definition) is 0. The normalized spacial score (nSPS) is 13.4. The number of thiazole rings is 1. The van der Waals surface area contributed by atoms with Crippen LogP contribution in [0.25, 0.3) is 103 Å². The van der Waals surface area contributed by atoms with Crippen LogP contribution in [0.4, 0.5) is 0 Å². The Labute approximate surface area is 322 Å². The van der Waals surface area contributed by atoms with Gasteiger partial charge < -0.3 is 4.57 Å². The summed E-state index contributed by atoms with van der Waals surface area (Å²) in [5.74, 6) is 0. The fourth-order valence-electron chi connectivity index (χ4n) is 9.58. The second-order valence-electron chi connectivity index (χ2n) is 15.5. The van der Waals surface area contributed by atoms with E-state index in [4.69, 9.17) is 4.98 Å². The minimum absolute atomic E-state index is 0.103. The fraction of sp³-hybridized carbons (Fsp3) is 0.0577. The van der Waals surface area contributed by atoms with E-state index in [0.29, 0.717) is 0 Å². The lowest BCUT2D eigenvalue weighted by atomic mass is 9.82. The molecule has 9 aromatic carbocycles. The van der Waals surface area contributed by atoms with Crippen molar-refractivity contribution in [3.05, 3.63) is 181 Å². The van der Waals surface area contributed by atoms with Gasteiger partial charge in [-0.15, -0.1) is 11.3 Å². The zero-order chi connectivity index (χ0) is 36.4. The highest BCUT2D eigenvalue weighted by Crippen LogP contribution is 2.52. The number of aromatic nitrogens is 2. The van der Waals surface area contributed by atoms with Crippen molar-refractivity contribution < 1.29 is 0 Å². The van der Waals surface area contributed by atoms with Crippen molar-refractivity contribution in [3.63, 3.8) is 0 Å². The van der Waals surface area contributed by atoms with Crippen molar-refractivity contribution in [2.75, 3.05) is 0 Å². The molecule has 0 bridgehead atoms. The first-order chi connectivity index (χ1) is 27.0. The monoisotopic (exact) mass is 718 g/mol. The molecule has 2 heterocycles. The van der Waals surface area contributed by atoms with Crippen molar-refractivity contribution >= 4 is 75.7 Å². The molecule has 0 unspecified atom stereocenters. The number of rotatable bonds is 3. The van der Waals surface area contributed by atoms with Crippen LogP contribution in [0.5, 0.6) is 0 Å². The van der Waals surface area contributed by atoms with Crippen LogP contribution in [0, 0.1) is 0 Å². The first-order valence-corrected chi connectivity index (χ1v) is 19.9. The summed E-state index contributed by atoms with van der Waals surface area (Å²) < 4.78 is 3.72. The SMILES string of the molecule is CC1(C)c2ccccc2-c2cc3c4c5c6ccccc6c6ccccc6c5ccc4n(-c4ccc(-c5ccc(-c6nc7ccccc7s6)cc5)cc4)c3cc21. The van der Waals surface area contributed by atoms with Crippen LogP contribution in [0.2, 0.25) is 0 Å². The highest BCUT2D eigenvalue weighted by atomic mass is 32.1. The number of para-hydroxylation sites is 1. The van der Waals surface area contributed by atoms with Gasteiger partial charge in [0, 0.05) is 32.8 Å². The summed E-state index contributed by atoms with van der Waals surface area (Å²) in [6.45, 7) is 4.75. The topological polar surface area (TPSA) is 17.8 Å². The van der Waals surface area contributed by atoms with Gasteiger partial charge in [0.05, 0.1) is 21.3 Å². The number of benzene rings is 9. The average Bonchev–Trinajstić information content (AvgIpc) is 3.89. The minimum Gasteiger partial charge on any atom is -0.309 e. The van der Waals surface area contributed by atoms with Gasteiger partial charge >= 0.3 is 0 Å². The zero-order valence-corrected chi connectivity index (χ0v) is 31.3. The quantitative estimate of drug-likeness (QED) is 0.166. The summed E-state index contributed by atoms with van der Waals surface area (Å²) in [6.07, 6.45) is 0. The summed E-state index contributed by atoms with van der Waals surface area (Å²) in [5.41, 5.74) is 13.6. The molecule has 258 valence electrons. The predicted octanol–water partition coefficient (Wildman–Crippen LogP) is 14.5. The molecule has 0 aliphatic heterocycles. The van der Waals surface area contributed by atoms with Gasteiger partial charge in [0.25, 0.3) is 0 Å². The van der Waals surface area contributed by atoms with Crippen LogP contribution in [0.15, 0.2) is 170 Å². The molecule has 11 aromatic rings. The molecule has 0 amide bonds. The lowest BCUT2D eigenvalue weighted by Crippen LogP contribution is -2.14. The van der Waals surface area contributed by atoms with Gasteiger partial charge in [-0.3, -0.25) is 0 Å². The molecular formula is C52H34N2S. The minimum atomic E-state index is -0.103. The average molecular weight is 719 g/mol. The molecule has 0 N–H and O–H groups in total. The Morgan fingerprint density at radius 1 is 0.455 bits per heavy atom. The fourth-order valence-corrected chi connectivity index (χ4v) is 10.5. The third-order valence-electron chi connectivity index (χ3n) is 12.2. The highest BCUT2D eigenvalue weighted by Gasteiger charge is 2.36. The molecule has 0 spiro atoms. The van der Waals surface area contributed by atoms with Crippen LogP contribution in [-0.2, 0) is 5.41 Å². The molecule has 12 rings (SSSR count). The van der Waals surface area contributed by atoms with Crippen molar-refractivity contribution in [2.24, 2.45) is 0 Å². The van der Waals surface area contributed by atoms with E-state index in [2.05, 4.69) is 188 Å². The molecule has 0 fully saturated rings. The Morgan fingerprint density at radius 2 is 1.05 bits per heavy atom. The Kier molecular flexibility index (Phi) is 6.31. The van der Waals surface area contributed by atoms with Crippen LogP contribution in [0.1, 0.15) is 25.0 Å². The maximum absolute atomic E-state index is 4.88. The van der Waals surface area contributed by atoms with Crippen molar-refractivity contribution in [2.45, 2.75) is 19.3 Å². The summed E-state index contributed by atoms with van der Waals surface area (Å²) >= 11 is 1.75. The second kappa shape index (κ2) is 11.2. The lowest BCUT2D eigenvalue weighted by Gasteiger charge is -2.21. The lowest BCUT2D eigenvalue weighted by molar-refractivity contribution is 0.661. The predicted molar refractivity (Wildman–Crippen MR) is 235 cm³/mol. The van der Waals surface area contributed by atoms with Crippen molar-refractivity contribution in [3.8, 4) is 38.5 Å². The zero-order valence-electron chi connectivity index (χ0n) is 30.5. The number of hydrogen-bond acceptors (Lipinski definition) is 2. The maximum Gasteiger partial charge on any atom is 0.124 e. The van der Waals surface area contributed by atoms with E-state index in [1.165, 1.54) is 92.2 Å². The molecular weight excluding hydrogens is 685 g/mol. The first-order valence-electron chi connectivity index (χ1n) is 19.0. The molecule has 2 nitrogen and oxygen atoms in total. The highest BCUT2D eigenvalue weighted by molar-refractivity contribution is 7.21. The van der Waals surface area contributed by atoms with Gasteiger partial charge in [0.15, 0.2) is 0 Å². The second-order valence-corrected chi connectivity index (χ2v) is 16.5. The Morgan fingerprint density at radius 3 is 1.80 bits per heavy atom. The van der Waals surface area contributed by atoms with Crippen LogP contribution < -0.4 is 0 Å². The van der Waals surface area contributed by atoms with Crippen LogP contribution in [0.3, 0.4) is 0 Å². The Hall–Kier alpha value is -6.55. The summed E-state index contributed by atoms with van der Waals surface area (Å²) in [6, 6.07) is 62.9. The van der Waals surface area contributed by atoms with Gasteiger partial charge in [-0.1, -0.05) is 141 Å². The van der Waals surface area contributed by atoms with E-state index in [1.54, 1.807) is 11.3 Å². The molecule has 0 saturated carbocycles. The smallest absolute Gasteiger partial charge is 0.124 e. The van der Waals surface area contributed by atoms with Gasteiger partial charge in [-0.05, 0) is 103 Å². The van der Waals surface area contributed by atoms with E-state index in [9.17, 15) is 0 Å². The molecule has 55 heavy (non-hydrogen) atoms. The van der Waals surface area contributed by atoms with Crippen LogP contribution >= 0.6 is 11.3 Å². The van der Waals surface area contributed by atoms with Gasteiger partial charge in [-0.2, -0.15) is 0 Å². The largest absolute Gasteiger partial charge is 0.309 e. The molecule has 2 aromatic heterocycles. The molecule has 1 aliphatic rings. The van der Waals surface area contributed by atoms with Gasteiger partial charge in [0.1, 0.15) is 5.01 Å². The number of fused-ring (bicyclic) bond motifs is 14. The first kappa shape index (κ1) is 30.9. The van der Waals surface area contributed by atoms with E-state index in [-0.39, 0.29) is 5.41 Å². The maximum atomic E-state index is 4.88.